The average molecular weight is 191 g/mol. The average Bonchev–Trinajstić information content (AvgIpc) is 2.21. The Morgan fingerprint density at radius 3 is 2.57 bits per heavy atom. The van der Waals surface area contributed by atoms with Gasteiger partial charge in [-0.3, -0.25) is 0 Å². The Balaban J connectivity index is 2.19. The molecule has 14 heavy (non-hydrogen) atoms. The van der Waals surface area contributed by atoms with E-state index in [-0.39, 0.29) is 5.82 Å². The third-order valence-electron chi connectivity index (χ3n) is 1.95. The molecule has 0 aliphatic rings. The highest BCUT2D eigenvalue weighted by molar-refractivity contribution is 5.16. The Morgan fingerprint density at radius 2 is 1.93 bits per heavy atom. The minimum absolute atomic E-state index is 0.186. The zero-order valence-corrected chi connectivity index (χ0v) is 8.09. The van der Waals surface area contributed by atoms with Crippen LogP contribution >= 0.6 is 0 Å². The predicted octanol–water partition coefficient (Wildman–Crippen LogP) is 1.98. The second-order valence-corrected chi connectivity index (χ2v) is 3.08. The van der Waals surface area contributed by atoms with Gasteiger partial charge in [-0.1, -0.05) is 12.1 Å². The lowest BCUT2D eigenvalue weighted by Crippen LogP contribution is -2.18. The fourth-order valence-electron chi connectivity index (χ4n) is 1.17. The number of terminal acetylenes is 1. The van der Waals surface area contributed by atoms with Gasteiger partial charge >= 0.3 is 0 Å². The van der Waals surface area contributed by atoms with E-state index in [2.05, 4.69) is 11.2 Å². The Hall–Kier alpha value is -1.33. The molecule has 0 aromatic heterocycles. The summed E-state index contributed by atoms with van der Waals surface area (Å²) in [4.78, 5) is 0. The van der Waals surface area contributed by atoms with Gasteiger partial charge in [-0.15, -0.1) is 12.3 Å². The Labute approximate surface area is 84.3 Å². The summed E-state index contributed by atoms with van der Waals surface area (Å²) in [5.41, 5.74) is 1.14. The zero-order chi connectivity index (χ0) is 10.2. The Bertz CT molecular complexity index is 297. The largest absolute Gasteiger partial charge is 0.315 e. The molecule has 1 nitrogen and oxygen atoms in total. The molecule has 1 aromatic rings. The van der Waals surface area contributed by atoms with Crippen LogP contribution in [0.4, 0.5) is 4.39 Å². The summed E-state index contributed by atoms with van der Waals surface area (Å²) in [6.45, 7) is 1.73. The summed E-state index contributed by atoms with van der Waals surface area (Å²) < 4.78 is 12.5. The molecule has 0 spiro atoms. The van der Waals surface area contributed by atoms with Gasteiger partial charge in [-0.05, 0) is 30.7 Å². The first-order valence-electron chi connectivity index (χ1n) is 4.71. The van der Waals surface area contributed by atoms with Gasteiger partial charge in [0.05, 0.1) is 0 Å². The van der Waals surface area contributed by atoms with Crippen molar-refractivity contribution in [2.24, 2.45) is 0 Å². The van der Waals surface area contributed by atoms with Crippen molar-refractivity contribution in [3.8, 4) is 12.3 Å². The Kier molecular flexibility index (Phi) is 4.74. The van der Waals surface area contributed by atoms with Crippen LogP contribution in [0.5, 0.6) is 0 Å². The molecule has 1 rings (SSSR count). The maximum atomic E-state index is 12.5. The van der Waals surface area contributed by atoms with E-state index in [1.807, 2.05) is 0 Å². The standard InChI is InChI=1S/C12H14FN/c1-2-3-9-14-10-8-11-4-6-12(13)7-5-11/h1,4-7,14H,3,8-10H2. The number of nitrogens with one attached hydrogen (secondary N) is 1. The highest BCUT2D eigenvalue weighted by Crippen LogP contribution is 2.02. The summed E-state index contributed by atoms with van der Waals surface area (Å²) >= 11 is 0. The van der Waals surface area contributed by atoms with Gasteiger partial charge < -0.3 is 5.32 Å². The molecule has 0 heterocycles. The normalized spacial score (nSPS) is 9.71. The summed E-state index contributed by atoms with van der Waals surface area (Å²) in [5.74, 6) is 2.38. The van der Waals surface area contributed by atoms with Crippen LogP contribution in [-0.2, 0) is 6.42 Å². The van der Waals surface area contributed by atoms with Gasteiger partial charge in [0, 0.05) is 13.0 Å². The van der Waals surface area contributed by atoms with Crippen molar-refractivity contribution in [2.75, 3.05) is 13.1 Å². The molecule has 0 bridgehead atoms. The first kappa shape index (κ1) is 10.7. The summed E-state index contributed by atoms with van der Waals surface area (Å²) in [7, 11) is 0. The monoisotopic (exact) mass is 191 g/mol. The summed E-state index contributed by atoms with van der Waals surface area (Å²) in [5, 5.41) is 3.21. The number of rotatable bonds is 5. The van der Waals surface area contributed by atoms with Gasteiger partial charge in [0.1, 0.15) is 5.82 Å². The lowest BCUT2D eigenvalue weighted by Gasteiger charge is -2.02. The molecule has 0 radical (unpaired) electrons. The third kappa shape index (κ3) is 4.06. The molecule has 74 valence electrons. The molecular formula is C12H14FN. The van der Waals surface area contributed by atoms with Crippen LogP contribution < -0.4 is 5.32 Å². The van der Waals surface area contributed by atoms with Crippen LogP contribution in [0.25, 0.3) is 0 Å². The van der Waals surface area contributed by atoms with E-state index in [1.165, 1.54) is 12.1 Å². The molecule has 1 N–H and O–H groups in total. The number of hydrogen-bond acceptors (Lipinski definition) is 1. The zero-order valence-electron chi connectivity index (χ0n) is 8.09. The smallest absolute Gasteiger partial charge is 0.123 e. The molecule has 0 saturated heterocycles. The fraction of sp³-hybridized carbons (Fsp3) is 0.333. The maximum Gasteiger partial charge on any atom is 0.123 e. The molecule has 0 fully saturated rings. The highest BCUT2D eigenvalue weighted by Gasteiger charge is 1.93. The summed E-state index contributed by atoms with van der Waals surface area (Å²) in [6, 6.07) is 6.57. The molecule has 0 unspecified atom stereocenters. The van der Waals surface area contributed by atoms with Crippen molar-refractivity contribution in [2.45, 2.75) is 12.8 Å². The first-order valence-corrected chi connectivity index (χ1v) is 4.71. The van der Waals surface area contributed by atoms with E-state index in [0.29, 0.717) is 0 Å². The summed E-state index contributed by atoms with van der Waals surface area (Å²) in [6.07, 6.45) is 6.77. The lowest BCUT2D eigenvalue weighted by atomic mass is 10.1. The first-order chi connectivity index (χ1) is 6.83. The van der Waals surface area contributed by atoms with Crippen molar-refractivity contribution < 1.29 is 4.39 Å². The van der Waals surface area contributed by atoms with Crippen LogP contribution in [0.15, 0.2) is 24.3 Å². The van der Waals surface area contributed by atoms with Gasteiger partial charge in [0.25, 0.3) is 0 Å². The van der Waals surface area contributed by atoms with Gasteiger partial charge in [0.2, 0.25) is 0 Å². The molecule has 0 atom stereocenters. The van der Waals surface area contributed by atoms with Crippen molar-refractivity contribution in [3.63, 3.8) is 0 Å². The molecule has 0 aliphatic heterocycles. The molecule has 2 heteroatoms. The highest BCUT2D eigenvalue weighted by atomic mass is 19.1. The van der Waals surface area contributed by atoms with Crippen molar-refractivity contribution in [3.05, 3.63) is 35.6 Å². The Morgan fingerprint density at radius 1 is 1.21 bits per heavy atom. The van der Waals surface area contributed by atoms with Crippen LogP contribution in [0.1, 0.15) is 12.0 Å². The molecular weight excluding hydrogens is 177 g/mol. The van der Waals surface area contributed by atoms with Gasteiger partial charge in [-0.2, -0.15) is 0 Å². The lowest BCUT2D eigenvalue weighted by molar-refractivity contribution is 0.626. The molecule has 1 aromatic carbocycles. The van der Waals surface area contributed by atoms with E-state index in [1.54, 1.807) is 12.1 Å². The van der Waals surface area contributed by atoms with E-state index < -0.39 is 0 Å². The minimum Gasteiger partial charge on any atom is -0.315 e. The van der Waals surface area contributed by atoms with Crippen LogP contribution in [0, 0.1) is 18.2 Å². The van der Waals surface area contributed by atoms with Crippen molar-refractivity contribution in [1.29, 1.82) is 0 Å². The quantitative estimate of drug-likeness (QED) is 0.554. The van der Waals surface area contributed by atoms with Crippen LogP contribution in [0.3, 0.4) is 0 Å². The van der Waals surface area contributed by atoms with Crippen LogP contribution in [-0.4, -0.2) is 13.1 Å². The topological polar surface area (TPSA) is 12.0 Å². The van der Waals surface area contributed by atoms with Gasteiger partial charge in [-0.25, -0.2) is 4.39 Å². The predicted molar refractivity (Wildman–Crippen MR) is 56.4 cm³/mol. The molecule has 0 saturated carbocycles. The fourth-order valence-corrected chi connectivity index (χ4v) is 1.17. The van der Waals surface area contributed by atoms with E-state index in [0.717, 1.165) is 31.5 Å². The van der Waals surface area contributed by atoms with Crippen molar-refractivity contribution >= 4 is 0 Å². The van der Waals surface area contributed by atoms with Gasteiger partial charge in [0.15, 0.2) is 0 Å². The minimum atomic E-state index is -0.186. The second-order valence-electron chi connectivity index (χ2n) is 3.08. The van der Waals surface area contributed by atoms with Crippen molar-refractivity contribution in [1.82, 2.24) is 5.32 Å². The second kappa shape index (κ2) is 6.17. The SMILES string of the molecule is C#CCCNCCc1ccc(F)cc1. The number of halogens is 1. The molecule has 0 aliphatic carbocycles. The maximum absolute atomic E-state index is 12.5. The van der Waals surface area contributed by atoms with E-state index >= 15 is 0 Å². The molecule has 0 amide bonds. The van der Waals surface area contributed by atoms with E-state index in [9.17, 15) is 4.39 Å². The third-order valence-corrected chi connectivity index (χ3v) is 1.95. The number of benzene rings is 1. The number of hydrogen-bond donors (Lipinski definition) is 1. The van der Waals surface area contributed by atoms with Crippen LogP contribution in [0.2, 0.25) is 0 Å². The van der Waals surface area contributed by atoms with E-state index in [4.69, 9.17) is 6.42 Å².